The van der Waals surface area contributed by atoms with E-state index < -0.39 is 5.72 Å². The highest BCUT2D eigenvalue weighted by Gasteiger charge is 2.61. The normalized spacial score (nSPS) is 26.7. The van der Waals surface area contributed by atoms with Gasteiger partial charge in [0.25, 0.3) is 0 Å². The number of likely N-dealkylation sites (tertiary alicyclic amines) is 1. The molecule has 2 atom stereocenters. The summed E-state index contributed by atoms with van der Waals surface area (Å²) in [5, 5.41) is 0. The molecule has 2 amide bonds. The van der Waals surface area contributed by atoms with Crippen molar-refractivity contribution >= 4 is 11.8 Å². The maximum absolute atomic E-state index is 12.9. The molecular formula is C20H26N2O5. The largest absolute Gasteiger partial charge is 0.493 e. The van der Waals surface area contributed by atoms with Gasteiger partial charge in [-0.3, -0.25) is 9.59 Å². The van der Waals surface area contributed by atoms with Gasteiger partial charge in [0.05, 0.1) is 33.3 Å². The second-order valence-electron chi connectivity index (χ2n) is 7.34. The van der Waals surface area contributed by atoms with Crippen LogP contribution >= 0.6 is 0 Å². The fourth-order valence-corrected chi connectivity index (χ4v) is 4.68. The third-order valence-corrected chi connectivity index (χ3v) is 6.01. The van der Waals surface area contributed by atoms with Gasteiger partial charge in [0.1, 0.15) is 0 Å². The van der Waals surface area contributed by atoms with Crippen LogP contribution in [0.1, 0.15) is 31.2 Å². The standard InChI is InChI=1S/C20H26N2O5/c1-25-15-6-4-14(12-16(15)26-2)5-7-18(23)21-10-8-20-17(21)13-19(24)22(20)9-3-11-27-20/h4,6,12,17H,3,5,7-11,13H2,1-2H3/t17-,20+/m1/s1. The summed E-state index contributed by atoms with van der Waals surface area (Å²) in [4.78, 5) is 29.0. The van der Waals surface area contributed by atoms with Gasteiger partial charge in [0.15, 0.2) is 17.2 Å². The molecule has 3 aliphatic rings. The van der Waals surface area contributed by atoms with E-state index in [1.165, 1.54) is 0 Å². The minimum atomic E-state index is -0.575. The second-order valence-corrected chi connectivity index (χ2v) is 7.34. The molecule has 0 bridgehead atoms. The van der Waals surface area contributed by atoms with Crippen LogP contribution in [0.5, 0.6) is 11.5 Å². The van der Waals surface area contributed by atoms with E-state index in [0.29, 0.717) is 50.3 Å². The molecule has 146 valence electrons. The molecule has 1 aromatic carbocycles. The van der Waals surface area contributed by atoms with Crippen LogP contribution in [0.2, 0.25) is 0 Å². The monoisotopic (exact) mass is 374 g/mol. The summed E-state index contributed by atoms with van der Waals surface area (Å²) in [7, 11) is 3.20. The zero-order valence-corrected chi connectivity index (χ0v) is 15.9. The van der Waals surface area contributed by atoms with Gasteiger partial charge >= 0.3 is 0 Å². The predicted octanol–water partition coefficient (Wildman–Crippen LogP) is 1.59. The number of benzene rings is 1. The van der Waals surface area contributed by atoms with Crippen LogP contribution in [0.25, 0.3) is 0 Å². The van der Waals surface area contributed by atoms with Crippen LogP contribution in [-0.2, 0) is 20.7 Å². The molecule has 1 aromatic rings. The Balaban J connectivity index is 1.43. The highest BCUT2D eigenvalue weighted by atomic mass is 16.5. The molecule has 1 spiro atoms. The van der Waals surface area contributed by atoms with E-state index >= 15 is 0 Å². The van der Waals surface area contributed by atoms with Gasteiger partial charge in [-0.25, -0.2) is 0 Å². The van der Waals surface area contributed by atoms with Crippen LogP contribution in [0.3, 0.4) is 0 Å². The molecule has 3 saturated heterocycles. The molecule has 0 saturated carbocycles. The highest BCUT2D eigenvalue weighted by molar-refractivity contribution is 5.84. The SMILES string of the molecule is COc1ccc(CCC(=O)N2CC[C@@]34OCCCN3C(=O)C[C@@H]24)cc1OC. The number of nitrogens with zero attached hydrogens (tertiary/aromatic N) is 2. The lowest BCUT2D eigenvalue weighted by Crippen LogP contribution is -2.56. The number of ether oxygens (including phenoxy) is 3. The van der Waals surface area contributed by atoms with E-state index in [-0.39, 0.29) is 17.9 Å². The van der Waals surface area contributed by atoms with E-state index in [1.807, 2.05) is 28.0 Å². The summed E-state index contributed by atoms with van der Waals surface area (Å²) >= 11 is 0. The third-order valence-electron chi connectivity index (χ3n) is 6.01. The Labute approximate surface area is 159 Å². The summed E-state index contributed by atoms with van der Waals surface area (Å²) in [6.45, 7) is 2.05. The van der Waals surface area contributed by atoms with Crippen molar-refractivity contribution in [3.63, 3.8) is 0 Å². The fraction of sp³-hybridized carbons (Fsp3) is 0.600. The molecule has 7 heteroatoms. The summed E-state index contributed by atoms with van der Waals surface area (Å²) in [5.41, 5.74) is 0.446. The Morgan fingerprint density at radius 2 is 2.07 bits per heavy atom. The van der Waals surface area contributed by atoms with Gasteiger partial charge in [-0.05, 0) is 30.5 Å². The first-order valence-electron chi connectivity index (χ1n) is 9.54. The van der Waals surface area contributed by atoms with Crippen LogP contribution < -0.4 is 9.47 Å². The van der Waals surface area contributed by atoms with Crippen molar-refractivity contribution < 1.29 is 23.8 Å². The first-order chi connectivity index (χ1) is 13.1. The number of aryl methyl sites for hydroxylation is 1. The Hall–Kier alpha value is -2.28. The quantitative estimate of drug-likeness (QED) is 0.783. The van der Waals surface area contributed by atoms with Gasteiger partial charge < -0.3 is 24.0 Å². The van der Waals surface area contributed by atoms with Crippen LogP contribution in [0, 0.1) is 0 Å². The van der Waals surface area contributed by atoms with Crippen molar-refractivity contribution in [2.24, 2.45) is 0 Å². The predicted molar refractivity (Wildman–Crippen MR) is 97.6 cm³/mol. The van der Waals surface area contributed by atoms with Crippen LogP contribution in [0.4, 0.5) is 0 Å². The number of hydrogen-bond acceptors (Lipinski definition) is 5. The van der Waals surface area contributed by atoms with E-state index in [4.69, 9.17) is 14.2 Å². The minimum Gasteiger partial charge on any atom is -0.493 e. The smallest absolute Gasteiger partial charge is 0.227 e. The van der Waals surface area contributed by atoms with Crippen molar-refractivity contribution in [3.8, 4) is 11.5 Å². The lowest BCUT2D eigenvalue weighted by Gasteiger charge is -2.42. The van der Waals surface area contributed by atoms with Crippen molar-refractivity contribution in [2.75, 3.05) is 33.9 Å². The Bertz CT molecular complexity index is 752. The molecule has 3 heterocycles. The molecule has 0 N–H and O–H groups in total. The summed E-state index contributed by atoms with van der Waals surface area (Å²) in [6.07, 6.45) is 2.98. The molecule has 0 aromatic heterocycles. The molecule has 0 unspecified atom stereocenters. The molecule has 0 radical (unpaired) electrons. The Morgan fingerprint density at radius 3 is 2.85 bits per heavy atom. The van der Waals surface area contributed by atoms with Gasteiger partial charge in [-0.1, -0.05) is 6.07 Å². The van der Waals surface area contributed by atoms with Crippen molar-refractivity contribution in [1.29, 1.82) is 0 Å². The molecule has 3 fully saturated rings. The van der Waals surface area contributed by atoms with Crippen molar-refractivity contribution in [3.05, 3.63) is 23.8 Å². The number of carbonyl (C=O) groups is 2. The lowest BCUT2D eigenvalue weighted by atomic mass is 10.0. The van der Waals surface area contributed by atoms with Crippen molar-refractivity contribution in [2.45, 2.75) is 43.9 Å². The molecule has 3 aliphatic heterocycles. The molecule has 7 nitrogen and oxygen atoms in total. The number of carbonyl (C=O) groups excluding carboxylic acids is 2. The van der Waals surface area contributed by atoms with Gasteiger partial charge in [-0.15, -0.1) is 0 Å². The average Bonchev–Trinajstić information content (AvgIpc) is 3.18. The average molecular weight is 374 g/mol. The number of methoxy groups -OCH3 is 2. The topological polar surface area (TPSA) is 68.3 Å². The molecular weight excluding hydrogens is 348 g/mol. The minimum absolute atomic E-state index is 0.0792. The summed E-state index contributed by atoms with van der Waals surface area (Å²) in [5.74, 6) is 1.52. The zero-order valence-electron chi connectivity index (χ0n) is 15.9. The first kappa shape index (κ1) is 18.1. The maximum atomic E-state index is 12.9. The third kappa shape index (κ3) is 2.94. The van der Waals surface area contributed by atoms with E-state index in [2.05, 4.69) is 0 Å². The summed E-state index contributed by atoms with van der Waals surface area (Å²) in [6, 6.07) is 5.56. The maximum Gasteiger partial charge on any atom is 0.227 e. The molecule has 27 heavy (non-hydrogen) atoms. The fourth-order valence-electron chi connectivity index (χ4n) is 4.68. The molecule has 0 aliphatic carbocycles. The number of rotatable bonds is 5. The number of hydrogen-bond donors (Lipinski definition) is 0. The Kier molecular flexibility index (Phi) is 4.72. The summed E-state index contributed by atoms with van der Waals surface area (Å²) < 4.78 is 16.6. The molecule has 4 rings (SSSR count). The van der Waals surface area contributed by atoms with Crippen LogP contribution in [-0.4, -0.2) is 67.3 Å². The van der Waals surface area contributed by atoms with Crippen molar-refractivity contribution in [1.82, 2.24) is 9.80 Å². The van der Waals surface area contributed by atoms with E-state index in [0.717, 1.165) is 18.5 Å². The highest BCUT2D eigenvalue weighted by Crippen LogP contribution is 2.45. The van der Waals surface area contributed by atoms with Crippen LogP contribution in [0.15, 0.2) is 18.2 Å². The second kappa shape index (κ2) is 7.03. The number of amides is 2. The van der Waals surface area contributed by atoms with E-state index in [9.17, 15) is 9.59 Å². The van der Waals surface area contributed by atoms with Gasteiger partial charge in [-0.2, -0.15) is 0 Å². The van der Waals surface area contributed by atoms with Gasteiger partial charge in [0, 0.05) is 25.9 Å². The zero-order chi connectivity index (χ0) is 19.0. The van der Waals surface area contributed by atoms with Gasteiger partial charge in [0.2, 0.25) is 11.8 Å². The first-order valence-corrected chi connectivity index (χ1v) is 9.54. The Morgan fingerprint density at radius 1 is 1.26 bits per heavy atom. The van der Waals surface area contributed by atoms with E-state index in [1.54, 1.807) is 14.2 Å². The lowest BCUT2D eigenvalue weighted by molar-refractivity contribution is -0.181.